The maximum absolute atomic E-state index is 13.3. The van der Waals surface area contributed by atoms with Gasteiger partial charge >= 0.3 is 0 Å². The van der Waals surface area contributed by atoms with Gasteiger partial charge in [0.1, 0.15) is 11.6 Å². The predicted octanol–water partition coefficient (Wildman–Crippen LogP) is 5.86. The standard InChI is InChI=1S/C14H7Cl4FN2/c15-6-14-20-12-4-8(16)9(17)5-13(12)21(14)7-1-2-11(19)10(18)3-7/h1-5H,6H2. The molecule has 0 spiro atoms. The molecule has 1 heterocycles. The molecule has 0 aliphatic rings. The summed E-state index contributed by atoms with van der Waals surface area (Å²) >= 11 is 23.9. The van der Waals surface area contributed by atoms with Crippen molar-refractivity contribution < 1.29 is 4.39 Å². The number of aromatic nitrogens is 2. The highest BCUT2D eigenvalue weighted by Crippen LogP contribution is 2.31. The molecule has 0 amide bonds. The molecule has 0 atom stereocenters. The Bertz CT molecular complexity index is 845. The molecule has 0 bridgehead atoms. The van der Waals surface area contributed by atoms with Crippen molar-refractivity contribution in [3.05, 3.63) is 57.0 Å². The molecule has 0 radical (unpaired) electrons. The van der Waals surface area contributed by atoms with E-state index in [9.17, 15) is 4.39 Å². The fraction of sp³-hybridized carbons (Fsp3) is 0.0714. The molecule has 3 aromatic rings. The lowest BCUT2D eigenvalue weighted by molar-refractivity contribution is 0.628. The van der Waals surface area contributed by atoms with E-state index in [1.165, 1.54) is 12.1 Å². The summed E-state index contributed by atoms with van der Waals surface area (Å²) in [6.45, 7) is 0. The number of alkyl halides is 1. The SMILES string of the molecule is Fc1ccc(-n2c(CCl)nc3cc(Cl)c(Cl)cc32)cc1Cl. The van der Waals surface area contributed by atoms with Crippen LogP contribution in [0.4, 0.5) is 4.39 Å². The Kier molecular flexibility index (Phi) is 4.02. The first-order valence-electron chi connectivity index (χ1n) is 5.89. The molecular formula is C14H7Cl4FN2. The van der Waals surface area contributed by atoms with E-state index >= 15 is 0 Å². The van der Waals surface area contributed by atoms with Gasteiger partial charge in [-0.15, -0.1) is 11.6 Å². The van der Waals surface area contributed by atoms with Gasteiger partial charge in [-0.3, -0.25) is 4.57 Å². The monoisotopic (exact) mass is 362 g/mol. The van der Waals surface area contributed by atoms with Crippen molar-refractivity contribution in [3.63, 3.8) is 0 Å². The van der Waals surface area contributed by atoms with Crippen molar-refractivity contribution in [2.45, 2.75) is 5.88 Å². The lowest BCUT2D eigenvalue weighted by Crippen LogP contribution is -1.99. The third-order valence-electron chi connectivity index (χ3n) is 3.05. The highest BCUT2D eigenvalue weighted by molar-refractivity contribution is 6.42. The van der Waals surface area contributed by atoms with E-state index in [1.54, 1.807) is 22.8 Å². The molecule has 0 N–H and O–H groups in total. The first kappa shape index (κ1) is 14.9. The van der Waals surface area contributed by atoms with Gasteiger partial charge in [0.25, 0.3) is 0 Å². The van der Waals surface area contributed by atoms with Crippen LogP contribution >= 0.6 is 46.4 Å². The second-order valence-corrected chi connectivity index (χ2v) is 5.84. The van der Waals surface area contributed by atoms with Gasteiger partial charge in [-0.1, -0.05) is 34.8 Å². The number of imidazole rings is 1. The molecule has 0 unspecified atom stereocenters. The summed E-state index contributed by atoms with van der Waals surface area (Å²) in [4.78, 5) is 4.41. The van der Waals surface area contributed by atoms with E-state index in [1.807, 2.05) is 0 Å². The minimum atomic E-state index is -0.488. The summed E-state index contributed by atoms with van der Waals surface area (Å²) in [6, 6.07) is 7.76. The van der Waals surface area contributed by atoms with Crippen molar-refractivity contribution in [2.75, 3.05) is 0 Å². The quantitative estimate of drug-likeness (QED) is 0.521. The Morgan fingerprint density at radius 3 is 2.38 bits per heavy atom. The largest absolute Gasteiger partial charge is 0.295 e. The first-order valence-corrected chi connectivity index (χ1v) is 7.56. The molecule has 2 nitrogen and oxygen atoms in total. The third kappa shape index (κ3) is 2.59. The summed E-state index contributed by atoms with van der Waals surface area (Å²) in [6.07, 6.45) is 0. The van der Waals surface area contributed by atoms with Gasteiger partial charge in [0, 0.05) is 5.69 Å². The number of benzene rings is 2. The fourth-order valence-electron chi connectivity index (χ4n) is 2.12. The Hall–Kier alpha value is -1.00. The van der Waals surface area contributed by atoms with E-state index in [0.717, 1.165) is 5.52 Å². The molecule has 1 aromatic heterocycles. The van der Waals surface area contributed by atoms with Gasteiger partial charge in [-0.05, 0) is 30.3 Å². The maximum Gasteiger partial charge on any atom is 0.141 e. The summed E-state index contributed by atoms with van der Waals surface area (Å²) in [7, 11) is 0. The van der Waals surface area contributed by atoms with Crippen LogP contribution in [0.2, 0.25) is 15.1 Å². The number of fused-ring (bicyclic) bond motifs is 1. The molecule has 21 heavy (non-hydrogen) atoms. The third-order valence-corrected chi connectivity index (χ3v) is 4.30. The predicted molar refractivity (Wildman–Crippen MR) is 85.6 cm³/mol. The topological polar surface area (TPSA) is 17.8 Å². The van der Waals surface area contributed by atoms with Crippen molar-refractivity contribution in [1.29, 1.82) is 0 Å². The van der Waals surface area contributed by atoms with Crippen LogP contribution in [0.15, 0.2) is 30.3 Å². The number of halogens is 5. The van der Waals surface area contributed by atoms with Crippen LogP contribution in [0.25, 0.3) is 16.7 Å². The van der Waals surface area contributed by atoms with Crippen molar-refractivity contribution in [3.8, 4) is 5.69 Å². The maximum atomic E-state index is 13.3. The minimum Gasteiger partial charge on any atom is -0.295 e. The molecule has 7 heteroatoms. The molecule has 0 saturated carbocycles. The highest BCUT2D eigenvalue weighted by atomic mass is 35.5. The second kappa shape index (κ2) is 5.65. The van der Waals surface area contributed by atoms with Gasteiger partial charge < -0.3 is 0 Å². The van der Waals surface area contributed by atoms with Crippen LogP contribution < -0.4 is 0 Å². The molecule has 0 fully saturated rings. The van der Waals surface area contributed by atoms with Gasteiger partial charge in [0.05, 0.1) is 32.0 Å². The van der Waals surface area contributed by atoms with Gasteiger partial charge in [-0.25, -0.2) is 9.37 Å². The number of hydrogen-bond acceptors (Lipinski definition) is 1. The van der Waals surface area contributed by atoms with E-state index < -0.39 is 5.82 Å². The Morgan fingerprint density at radius 2 is 1.71 bits per heavy atom. The van der Waals surface area contributed by atoms with Gasteiger partial charge in [-0.2, -0.15) is 0 Å². The lowest BCUT2D eigenvalue weighted by atomic mass is 10.2. The van der Waals surface area contributed by atoms with Crippen LogP contribution in [-0.2, 0) is 5.88 Å². The lowest BCUT2D eigenvalue weighted by Gasteiger charge is -2.09. The molecule has 3 rings (SSSR count). The number of hydrogen-bond donors (Lipinski definition) is 0. The van der Waals surface area contributed by atoms with E-state index in [4.69, 9.17) is 46.4 Å². The average Bonchev–Trinajstić information content (AvgIpc) is 2.80. The van der Waals surface area contributed by atoms with Crippen LogP contribution in [0.3, 0.4) is 0 Å². The van der Waals surface area contributed by atoms with E-state index in [0.29, 0.717) is 27.1 Å². The van der Waals surface area contributed by atoms with Crippen LogP contribution in [0, 0.1) is 5.82 Å². The fourth-order valence-corrected chi connectivity index (χ4v) is 2.79. The highest BCUT2D eigenvalue weighted by Gasteiger charge is 2.15. The summed E-state index contributed by atoms with van der Waals surface area (Å²) in [5.41, 5.74) is 2.03. The smallest absolute Gasteiger partial charge is 0.141 e. The summed E-state index contributed by atoms with van der Waals surface area (Å²) in [5.74, 6) is 0.282. The van der Waals surface area contributed by atoms with Gasteiger partial charge in [0.2, 0.25) is 0 Å². The molecule has 0 saturated heterocycles. The first-order chi connectivity index (χ1) is 10.0. The molecule has 2 aromatic carbocycles. The van der Waals surface area contributed by atoms with Crippen LogP contribution in [0.1, 0.15) is 5.82 Å². The Labute approximate surface area is 140 Å². The number of rotatable bonds is 2. The second-order valence-electron chi connectivity index (χ2n) is 4.35. The van der Waals surface area contributed by atoms with E-state index in [-0.39, 0.29) is 10.9 Å². The van der Waals surface area contributed by atoms with E-state index in [2.05, 4.69) is 4.98 Å². The zero-order chi connectivity index (χ0) is 15.1. The Morgan fingerprint density at radius 1 is 1.00 bits per heavy atom. The molecular weight excluding hydrogens is 357 g/mol. The molecule has 108 valence electrons. The van der Waals surface area contributed by atoms with Crippen molar-refractivity contribution in [1.82, 2.24) is 9.55 Å². The van der Waals surface area contributed by atoms with Gasteiger partial charge in [0.15, 0.2) is 0 Å². The zero-order valence-corrected chi connectivity index (χ0v) is 13.4. The summed E-state index contributed by atoms with van der Waals surface area (Å²) in [5, 5.41) is 0.835. The Balaban J connectivity index is 2.34. The van der Waals surface area contributed by atoms with Crippen LogP contribution in [-0.4, -0.2) is 9.55 Å². The normalized spacial score (nSPS) is 11.3. The summed E-state index contributed by atoms with van der Waals surface area (Å²) < 4.78 is 15.1. The molecule has 0 aliphatic heterocycles. The van der Waals surface area contributed by atoms with Crippen LogP contribution in [0.5, 0.6) is 0 Å². The van der Waals surface area contributed by atoms with Crippen molar-refractivity contribution in [2.24, 2.45) is 0 Å². The minimum absolute atomic E-state index is 0.0231. The molecule has 0 aliphatic carbocycles. The number of nitrogens with zero attached hydrogens (tertiary/aromatic N) is 2. The average molecular weight is 364 g/mol. The van der Waals surface area contributed by atoms with Crippen molar-refractivity contribution >= 4 is 57.4 Å². The zero-order valence-electron chi connectivity index (χ0n) is 10.4.